The third-order valence-electron chi connectivity index (χ3n) is 13.5. The van der Waals surface area contributed by atoms with E-state index < -0.39 is 0 Å². The first-order valence-corrected chi connectivity index (χ1v) is 30.0. The summed E-state index contributed by atoms with van der Waals surface area (Å²) in [6.45, 7) is 9.29. The van der Waals surface area contributed by atoms with Crippen molar-refractivity contribution >= 4 is 79.1 Å². The van der Waals surface area contributed by atoms with Gasteiger partial charge in [-0.1, -0.05) is 194 Å². The molecule has 0 aliphatic heterocycles. The Balaban J connectivity index is 1.27. The van der Waals surface area contributed by atoms with Gasteiger partial charge in [0.25, 0.3) is 0 Å². The highest BCUT2D eigenvalue weighted by molar-refractivity contribution is 7.16. The largest absolute Gasteiger partial charge is 0.242 e. The van der Waals surface area contributed by atoms with Gasteiger partial charge in [-0.2, -0.15) is 8.75 Å². The molecule has 0 spiro atoms. The number of unbranched alkanes of at least 4 members (excludes halogenated alkanes) is 16. The van der Waals surface area contributed by atoms with Crippen molar-refractivity contribution in [3.05, 3.63) is 69.0 Å². The molecular formula is C56H76N4S5. The van der Waals surface area contributed by atoms with E-state index in [4.69, 9.17) is 18.7 Å². The van der Waals surface area contributed by atoms with Gasteiger partial charge in [-0.3, -0.25) is 0 Å². The third-order valence-corrected chi connectivity index (χ3v) is 18.0. The summed E-state index contributed by atoms with van der Waals surface area (Å²) in [5.74, 6) is 1.48. The zero-order valence-electron chi connectivity index (χ0n) is 40.1. The van der Waals surface area contributed by atoms with E-state index in [1.807, 2.05) is 22.7 Å². The van der Waals surface area contributed by atoms with Crippen molar-refractivity contribution < 1.29 is 0 Å². The Labute approximate surface area is 412 Å². The van der Waals surface area contributed by atoms with E-state index >= 15 is 0 Å². The molecule has 7 rings (SSSR count). The summed E-state index contributed by atoms with van der Waals surface area (Å²) >= 11 is 8.73. The minimum atomic E-state index is 0.738. The summed E-state index contributed by atoms with van der Waals surface area (Å²) in [4.78, 5) is 19.4. The molecule has 0 N–H and O–H groups in total. The highest BCUT2D eigenvalue weighted by Gasteiger charge is 2.27. The van der Waals surface area contributed by atoms with Crippen LogP contribution in [0.1, 0.15) is 192 Å². The van der Waals surface area contributed by atoms with Gasteiger partial charge in [0.2, 0.25) is 0 Å². The Morgan fingerprint density at radius 1 is 0.400 bits per heavy atom. The average Bonchev–Trinajstić information content (AvgIpc) is 4.19. The van der Waals surface area contributed by atoms with Crippen molar-refractivity contribution in [2.75, 3.05) is 0 Å². The molecule has 1 aromatic carbocycles. The number of nitrogens with zero attached hydrogens (tertiary/aromatic N) is 4. The molecule has 6 heterocycles. The molecule has 0 aliphatic rings. The maximum absolute atomic E-state index is 5.83. The molecule has 9 heteroatoms. The number of fused-ring (bicyclic) bond motifs is 2. The van der Waals surface area contributed by atoms with Crippen molar-refractivity contribution in [3.63, 3.8) is 0 Å². The van der Waals surface area contributed by atoms with Gasteiger partial charge in [-0.15, -0.1) is 45.3 Å². The molecule has 7 aromatic rings. The molecule has 0 bridgehead atoms. The molecule has 6 aromatic heterocycles. The van der Waals surface area contributed by atoms with Crippen LogP contribution < -0.4 is 0 Å². The van der Waals surface area contributed by atoms with Crippen molar-refractivity contribution in [1.29, 1.82) is 0 Å². The quantitative estimate of drug-likeness (QED) is 0.0395. The Hall–Kier alpha value is -2.82. The number of aromatic nitrogens is 4. The lowest BCUT2D eigenvalue weighted by Gasteiger charge is -2.16. The number of thiophene rings is 4. The predicted octanol–water partition coefficient (Wildman–Crippen LogP) is 20.3. The van der Waals surface area contributed by atoms with Crippen LogP contribution in [0.25, 0.3) is 64.1 Å². The van der Waals surface area contributed by atoms with Crippen molar-refractivity contribution in [2.45, 2.75) is 195 Å². The van der Waals surface area contributed by atoms with Crippen molar-refractivity contribution in [1.82, 2.24) is 18.7 Å². The van der Waals surface area contributed by atoms with Crippen LogP contribution in [0.4, 0.5) is 0 Å². The zero-order chi connectivity index (χ0) is 45.1. The Bertz CT molecular complexity index is 2220. The molecule has 0 radical (unpaired) electrons. The fraction of sp³-hybridized carbons (Fsp3) is 0.571. The Kier molecular flexibility index (Phi) is 21.0. The van der Waals surface area contributed by atoms with Crippen molar-refractivity contribution in [2.24, 2.45) is 11.8 Å². The second-order valence-electron chi connectivity index (χ2n) is 18.8. The molecular weight excluding hydrogens is 889 g/mol. The maximum atomic E-state index is 5.83. The van der Waals surface area contributed by atoms with Gasteiger partial charge >= 0.3 is 0 Å². The predicted molar refractivity (Wildman–Crippen MR) is 292 cm³/mol. The Morgan fingerprint density at radius 2 is 0.769 bits per heavy atom. The van der Waals surface area contributed by atoms with Crippen LogP contribution >= 0.6 is 57.1 Å². The normalized spacial score (nSPS) is 12.9. The van der Waals surface area contributed by atoms with Crippen LogP contribution in [0.5, 0.6) is 0 Å². The minimum absolute atomic E-state index is 0.738. The van der Waals surface area contributed by atoms with E-state index in [1.54, 1.807) is 22.7 Å². The topological polar surface area (TPSA) is 51.6 Å². The Morgan fingerprint density at radius 3 is 1.14 bits per heavy atom. The molecule has 2 unspecified atom stereocenters. The highest BCUT2D eigenvalue weighted by atomic mass is 32.1. The lowest BCUT2D eigenvalue weighted by atomic mass is 9.91. The van der Waals surface area contributed by atoms with Gasteiger partial charge in [0.05, 0.1) is 21.5 Å². The summed E-state index contributed by atoms with van der Waals surface area (Å²) in [5.41, 5.74) is 7.89. The van der Waals surface area contributed by atoms with Gasteiger partial charge < -0.3 is 0 Å². The van der Waals surface area contributed by atoms with Gasteiger partial charge in [-0.25, -0.2) is 9.97 Å². The number of hydrogen-bond acceptors (Lipinski definition) is 9. The molecule has 2 atom stereocenters. The molecule has 0 aliphatic carbocycles. The molecule has 0 saturated carbocycles. The SMILES string of the molecule is CCCCCCCCC(CCCCCC)Cc1ccc(-c2nc3c(-c4cccs4)c4nsnc4c(-c4cccs4)c3nc2-c2ccc(CC(CCCCCC)CCCCCCCC)s2)s1. The lowest BCUT2D eigenvalue weighted by molar-refractivity contribution is 0.404. The van der Waals surface area contributed by atoms with Gasteiger partial charge in [0.15, 0.2) is 0 Å². The van der Waals surface area contributed by atoms with Crippen molar-refractivity contribution in [3.8, 4) is 42.0 Å². The van der Waals surface area contributed by atoms with Crippen LogP contribution in [0, 0.1) is 11.8 Å². The van der Waals surface area contributed by atoms with Gasteiger partial charge in [0, 0.05) is 30.6 Å². The molecule has 65 heavy (non-hydrogen) atoms. The molecule has 0 fully saturated rings. The second kappa shape index (κ2) is 27.2. The molecule has 4 nitrogen and oxygen atoms in total. The van der Waals surface area contributed by atoms with Crippen LogP contribution in [-0.2, 0) is 12.8 Å². The van der Waals surface area contributed by atoms with E-state index in [0.717, 1.165) is 69.3 Å². The van der Waals surface area contributed by atoms with Crippen LogP contribution in [0.2, 0.25) is 0 Å². The monoisotopic (exact) mass is 964 g/mol. The highest BCUT2D eigenvalue weighted by Crippen LogP contribution is 2.47. The minimum Gasteiger partial charge on any atom is -0.242 e. The van der Waals surface area contributed by atoms with E-state index in [-0.39, 0.29) is 0 Å². The molecule has 350 valence electrons. The molecule has 0 saturated heterocycles. The second-order valence-corrected chi connectivity index (χ2v) is 23.5. The number of benzene rings is 1. The summed E-state index contributed by atoms with van der Waals surface area (Å²) < 4.78 is 9.95. The standard InChI is InChI=1S/C56H76N4S5/c1-5-9-13-17-19-23-29-41(27-21-15-11-7-3)39-43-33-35-47(63-43)51-52(48-36-34-44(64-48)40-42(28-22-16-12-8-4)30-24-20-18-14-10-6-2)58-54-50(46-32-26-38-62-46)56-55(59-65-60-56)49(53(54)57-51)45-31-25-37-61-45/h25-26,31-38,41-42H,5-24,27-30,39-40H2,1-4H3. The molecule has 0 amide bonds. The first-order valence-electron chi connectivity index (χ1n) is 25.9. The van der Waals surface area contributed by atoms with Crippen LogP contribution in [0.15, 0.2) is 59.3 Å². The van der Waals surface area contributed by atoms with Gasteiger partial charge in [-0.05, 0) is 71.8 Å². The first kappa shape index (κ1) is 50.1. The summed E-state index contributed by atoms with van der Waals surface area (Å²) in [6, 6.07) is 18.3. The fourth-order valence-corrected chi connectivity index (χ4v) is 14.1. The summed E-state index contributed by atoms with van der Waals surface area (Å²) in [5, 5.41) is 4.32. The third kappa shape index (κ3) is 14.1. The van der Waals surface area contributed by atoms with Crippen LogP contribution in [-0.4, -0.2) is 18.7 Å². The van der Waals surface area contributed by atoms with E-state index in [1.165, 1.54) is 195 Å². The van der Waals surface area contributed by atoms with E-state index in [0.29, 0.717) is 0 Å². The average molecular weight is 966 g/mol. The smallest absolute Gasteiger partial charge is 0.116 e. The summed E-state index contributed by atoms with van der Waals surface area (Å²) in [6.07, 6.45) is 34.8. The number of hydrogen-bond donors (Lipinski definition) is 0. The first-order chi connectivity index (χ1) is 32.1. The van der Waals surface area contributed by atoms with Crippen LogP contribution in [0.3, 0.4) is 0 Å². The number of rotatable bonds is 32. The fourth-order valence-electron chi connectivity index (χ4n) is 9.82. The van der Waals surface area contributed by atoms with E-state index in [2.05, 4.69) is 87.0 Å². The van der Waals surface area contributed by atoms with E-state index in [9.17, 15) is 0 Å². The lowest BCUT2D eigenvalue weighted by Crippen LogP contribution is -2.04. The maximum Gasteiger partial charge on any atom is 0.116 e. The zero-order valence-corrected chi connectivity index (χ0v) is 44.2. The van der Waals surface area contributed by atoms with Gasteiger partial charge in [0.1, 0.15) is 33.5 Å². The summed E-state index contributed by atoms with van der Waals surface area (Å²) in [7, 11) is 0.